The number of hydrogen-bond acceptors (Lipinski definition) is 4. The van der Waals surface area contributed by atoms with Gasteiger partial charge in [-0.1, -0.05) is 18.2 Å². The Balaban J connectivity index is 1.42. The molecule has 8 nitrogen and oxygen atoms in total. The van der Waals surface area contributed by atoms with Crippen molar-refractivity contribution in [2.75, 3.05) is 32.1 Å². The molecule has 2 aromatic carbocycles. The van der Waals surface area contributed by atoms with E-state index >= 15 is 0 Å². The lowest BCUT2D eigenvalue weighted by Crippen LogP contribution is -2.59. The van der Waals surface area contributed by atoms with Crippen molar-refractivity contribution in [1.82, 2.24) is 14.4 Å². The number of fused-ring (bicyclic) bond motifs is 2. The largest absolute Gasteiger partial charge is 0.497 e. The van der Waals surface area contributed by atoms with Crippen molar-refractivity contribution < 1.29 is 19.1 Å². The van der Waals surface area contributed by atoms with Gasteiger partial charge in [0.15, 0.2) is 0 Å². The molecule has 33 heavy (non-hydrogen) atoms. The molecule has 3 aromatic rings. The Bertz CT molecular complexity index is 1250. The second kappa shape index (κ2) is 8.12. The second-order valence-corrected chi connectivity index (χ2v) is 8.25. The first kappa shape index (κ1) is 20.8. The van der Waals surface area contributed by atoms with Crippen LogP contribution in [0.3, 0.4) is 0 Å². The highest BCUT2D eigenvalue weighted by molar-refractivity contribution is 6.11. The van der Waals surface area contributed by atoms with E-state index in [4.69, 9.17) is 4.74 Å². The summed E-state index contributed by atoms with van der Waals surface area (Å²) in [5, 5.41) is 2.89. The number of piperazine rings is 1. The number of carbonyl (C=O) groups excluding carboxylic acids is 3. The second-order valence-electron chi connectivity index (χ2n) is 8.25. The van der Waals surface area contributed by atoms with Crippen LogP contribution in [0.5, 0.6) is 5.75 Å². The van der Waals surface area contributed by atoms with E-state index in [2.05, 4.69) is 5.32 Å². The number of amides is 3. The van der Waals surface area contributed by atoms with Gasteiger partial charge in [-0.15, -0.1) is 0 Å². The molecule has 0 saturated carbocycles. The van der Waals surface area contributed by atoms with Crippen molar-refractivity contribution in [3.63, 3.8) is 0 Å². The first-order valence-corrected chi connectivity index (χ1v) is 10.8. The zero-order chi connectivity index (χ0) is 23.1. The van der Waals surface area contributed by atoms with Crippen LogP contribution in [0.15, 0.2) is 60.8 Å². The van der Waals surface area contributed by atoms with Crippen LogP contribution in [-0.4, -0.2) is 64.9 Å². The molecule has 3 heterocycles. The van der Waals surface area contributed by atoms with E-state index < -0.39 is 6.04 Å². The van der Waals surface area contributed by atoms with E-state index in [1.165, 1.54) is 0 Å². The molecule has 1 unspecified atom stereocenters. The summed E-state index contributed by atoms with van der Waals surface area (Å²) in [6.45, 7) is 0.813. The van der Waals surface area contributed by atoms with Gasteiger partial charge in [0.25, 0.3) is 11.8 Å². The Hall–Kier alpha value is -4.07. The summed E-state index contributed by atoms with van der Waals surface area (Å²) in [4.78, 5) is 42.7. The summed E-state index contributed by atoms with van der Waals surface area (Å²) >= 11 is 0. The van der Waals surface area contributed by atoms with Gasteiger partial charge in [-0.05, 0) is 47.5 Å². The summed E-state index contributed by atoms with van der Waals surface area (Å²) in [6, 6.07) is 15.9. The molecular formula is C25H24N4O4. The SMILES string of the molecule is COc1ccc(-c2ccc3c(c2)C(=O)N2CCN(C(=O)c4cccn4C)CC2C(=O)N3)cc1. The average Bonchev–Trinajstić information content (AvgIpc) is 3.24. The Morgan fingerprint density at radius 3 is 2.48 bits per heavy atom. The van der Waals surface area contributed by atoms with Gasteiger partial charge in [-0.2, -0.15) is 0 Å². The first-order chi connectivity index (χ1) is 16.0. The standard InChI is InChI=1S/C25H24N4O4/c1-27-11-3-4-21(27)25(32)28-12-13-29-22(15-28)23(30)26-20-10-7-17(14-19(20)24(29)31)16-5-8-18(33-2)9-6-16/h3-11,14,22H,12-13,15H2,1-2H3,(H,26,30). The lowest BCUT2D eigenvalue weighted by Gasteiger charge is -2.39. The average molecular weight is 444 g/mol. The topological polar surface area (TPSA) is 83.9 Å². The zero-order valence-electron chi connectivity index (χ0n) is 18.4. The van der Waals surface area contributed by atoms with Crippen molar-refractivity contribution >= 4 is 23.4 Å². The lowest BCUT2D eigenvalue weighted by atomic mass is 10.0. The van der Waals surface area contributed by atoms with Gasteiger partial charge < -0.3 is 24.4 Å². The highest BCUT2D eigenvalue weighted by atomic mass is 16.5. The molecule has 1 fully saturated rings. The highest BCUT2D eigenvalue weighted by Gasteiger charge is 2.40. The van der Waals surface area contributed by atoms with E-state index in [1.807, 2.05) is 55.7 Å². The fraction of sp³-hybridized carbons (Fsp3) is 0.240. The van der Waals surface area contributed by atoms with E-state index in [0.717, 1.165) is 16.9 Å². The summed E-state index contributed by atoms with van der Waals surface area (Å²) in [6.07, 6.45) is 1.81. The summed E-state index contributed by atoms with van der Waals surface area (Å²) in [5.74, 6) is 0.103. The molecule has 5 rings (SSSR count). The number of aryl methyl sites for hydroxylation is 1. The molecule has 168 valence electrons. The van der Waals surface area contributed by atoms with Gasteiger partial charge in [0.05, 0.1) is 24.9 Å². The molecule has 0 aliphatic carbocycles. The molecule has 2 aliphatic heterocycles. The minimum Gasteiger partial charge on any atom is -0.497 e. The zero-order valence-corrected chi connectivity index (χ0v) is 18.4. The number of nitrogens with one attached hydrogen (secondary N) is 1. The number of rotatable bonds is 3. The van der Waals surface area contributed by atoms with Crippen molar-refractivity contribution in [2.24, 2.45) is 7.05 Å². The van der Waals surface area contributed by atoms with Crippen LogP contribution in [0, 0.1) is 0 Å². The molecule has 1 saturated heterocycles. The van der Waals surface area contributed by atoms with Crippen LogP contribution >= 0.6 is 0 Å². The Kier molecular flexibility index (Phi) is 5.12. The van der Waals surface area contributed by atoms with Crippen molar-refractivity contribution in [3.05, 3.63) is 72.1 Å². The summed E-state index contributed by atoms with van der Waals surface area (Å²) < 4.78 is 6.97. The normalized spacial score (nSPS) is 17.7. The predicted molar refractivity (Wildman–Crippen MR) is 123 cm³/mol. The Morgan fingerprint density at radius 2 is 1.79 bits per heavy atom. The number of nitrogens with zero attached hydrogens (tertiary/aromatic N) is 3. The molecule has 0 radical (unpaired) electrons. The van der Waals surface area contributed by atoms with Crippen molar-refractivity contribution in [1.29, 1.82) is 0 Å². The van der Waals surface area contributed by atoms with Gasteiger partial charge in [-0.3, -0.25) is 14.4 Å². The lowest BCUT2D eigenvalue weighted by molar-refractivity contribution is -0.121. The first-order valence-electron chi connectivity index (χ1n) is 10.8. The van der Waals surface area contributed by atoms with Gasteiger partial charge >= 0.3 is 0 Å². The van der Waals surface area contributed by atoms with Gasteiger partial charge in [0, 0.05) is 26.3 Å². The number of carbonyl (C=O) groups is 3. The van der Waals surface area contributed by atoms with Crippen LogP contribution < -0.4 is 10.1 Å². The molecular weight excluding hydrogens is 420 g/mol. The Morgan fingerprint density at radius 1 is 1.03 bits per heavy atom. The van der Waals surface area contributed by atoms with Gasteiger partial charge in [0.1, 0.15) is 17.5 Å². The quantitative estimate of drug-likeness (QED) is 0.673. The maximum atomic E-state index is 13.5. The monoisotopic (exact) mass is 444 g/mol. The fourth-order valence-electron chi connectivity index (χ4n) is 4.44. The molecule has 8 heteroatoms. The predicted octanol–water partition coefficient (Wildman–Crippen LogP) is 2.62. The number of ether oxygens (including phenoxy) is 1. The fourth-order valence-corrected chi connectivity index (χ4v) is 4.44. The molecule has 1 atom stereocenters. The number of anilines is 1. The smallest absolute Gasteiger partial charge is 0.270 e. The Labute approximate surface area is 191 Å². The molecule has 3 amide bonds. The molecule has 1 aromatic heterocycles. The van der Waals surface area contributed by atoms with E-state index in [0.29, 0.717) is 30.0 Å². The maximum absolute atomic E-state index is 13.5. The van der Waals surface area contributed by atoms with E-state index in [1.54, 1.807) is 33.6 Å². The number of methoxy groups -OCH3 is 1. The van der Waals surface area contributed by atoms with Gasteiger partial charge in [0.2, 0.25) is 5.91 Å². The van der Waals surface area contributed by atoms with Crippen LogP contribution in [0.2, 0.25) is 0 Å². The minimum atomic E-state index is -0.743. The molecule has 2 aliphatic rings. The number of benzene rings is 2. The van der Waals surface area contributed by atoms with Crippen molar-refractivity contribution in [3.8, 4) is 16.9 Å². The van der Waals surface area contributed by atoms with E-state index in [-0.39, 0.29) is 24.3 Å². The third-order valence-corrected chi connectivity index (χ3v) is 6.33. The van der Waals surface area contributed by atoms with Crippen molar-refractivity contribution in [2.45, 2.75) is 6.04 Å². The van der Waals surface area contributed by atoms with Gasteiger partial charge in [-0.25, -0.2) is 0 Å². The van der Waals surface area contributed by atoms with Crippen LogP contribution in [-0.2, 0) is 11.8 Å². The minimum absolute atomic E-state index is 0.147. The summed E-state index contributed by atoms with van der Waals surface area (Å²) in [5.41, 5.74) is 3.29. The third-order valence-electron chi connectivity index (χ3n) is 6.33. The van der Waals surface area contributed by atoms with Crippen LogP contribution in [0.4, 0.5) is 5.69 Å². The molecule has 0 bridgehead atoms. The third kappa shape index (κ3) is 3.63. The number of hydrogen-bond donors (Lipinski definition) is 1. The van der Waals surface area contributed by atoms with Crippen LogP contribution in [0.1, 0.15) is 20.8 Å². The maximum Gasteiger partial charge on any atom is 0.270 e. The van der Waals surface area contributed by atoms with E-state index in [9.17, 15) is 14.4 Å². The number of aromatic nitrogens is 1. The molecule has 1 N–H and O–H groups in total. The molecule has 0 spiro atoms. The summed E-state index contributed by atoms with van der Waals surface area (Å²) in [7, 11) is 3.42. The highest BCUT2D eigenvalue weighted by Crippen LogP contribution is 2.31. The van der Waals surface area contributed by atoms with Crippen LogP contribution in [0.25, 0.3) is 11.1 Å².